The van der Waals surface area contributed by atoms with Gasteiger partial charge in [0.1, 0.15) is 0 Å². The number of hydrogen-bond donors (Lipinski definition) is 2. The topological polar surface area (TPSA) is 121 Å². The van der Waals surface area contributed by atoms with Crippen LogP contribution in [0, 0.1) is 0 Å². The summed E-state index contributed by atoms with van der Waals surface area (Å²) in [6.07, 6.45) is 0. The molecule has 2 N–H and O–H groups in total. The van der Waals surface area contributed by atoms with Crippen LogP contribution in [-0.4, -0.2) is 53.9 Å². The molecule has 0 aliphatic carbocycles. The average Bonchev–Trinajstić information content (AvgIpc) is 2.48. The number of hydrogen-bond acceptors (Lipinski definition) is 5. The predicted molar refractivity (Wildman–Crippen MR) is 77.5 cm³/mol. The van der Waals surface area contributed by atoms with E-state index in [1.165, 1.54) is 24.3 Å². The van der Waals surface area contributed by atoms with Crippen LogP contribution in [0.4, 0.5) is 0 Å². The Morgan fingerprint density at radius 2 is 1.73 bits per heavy atom. The van der Waals surface area contributed by atoms with Crippen LogP contribution in [0.1, 0.15) is 11.2 Å². The Morgan fingerprint density at radius 3 is 2.23 bits per heavy atom. The number of rotatable bonds is 4. The lowest BCUT2D eigenvalue weighted by molar-refractivity contribution is -0.112. The normalized spacial score (nSPS) is 18.8. The standard InChI is InChI=1S/C12H16NO7PS/c14-12(22(18,19)13-6-8-20-9-7-13)11(21(15,16)17)10-4-2-1-3-5-10/h1-5,11H,6-9H2,(H2,15,16,17). The third kappa shape index (κ3) is 3.62. The molecule has 10 heteroatoms. The summed E-state index contributed by atoms with van der Waals surface area (Å²) in [4.78, 5) is 31.2. The van der Waals surface area contributed by atoms with E-state index in [9.17, 15) is 27.6 Å². The van der Waals surface area contributed by atoms with Gasteiger partial charge in [-0.05, 0) is 5.56 Å². The highest BCUT2D eigenvalue weighted by Crippen LogP contribution is 2.53. The lowest BCUT2D eigenvalue weighted by Gasteiger charge is -2.27. The number of carbonyl (C=O) groups is 1. The fraction of sp³-hybridized carbons (Fsp3) is 0.417. The molecule has 1 saturated heterocycles. The molecule has 1 fully saturated rings. The van der Waals surface area contributed by atoms with Crippen molar-refractivity contribution in [3.63, 3.8) is 0 Å². The lowest BCUT2D eigenvalue weighted by Crippen LogP contribution is -2.45. The highest BCUT2D eigenvalue weighted by Gasteiger charge is 2.46. The second-order valence-electron chi connectivity index (χ2n) is 4.74. The highest BCUT2D eigenvalue weighted by atomic mass is 32.2. The van der Waals surface area contributed by atoms with Gasteiger partial charge >= 0.3 is 7.60 Å². The van der Waals surface area contributed by atoms with E-state index in [2.05, 4.69) is 0 Å². The fourth-order valence-corrected chi connectivity index (χ4v) is 5.11. The molecule has 22 heavy (non-hydrogen) atoms. The van der Waals surface area contributed by atoms with Crippen LogP contribution in [0.25, 0.3) is 0 Å². The van der Waals surface area contributed by atoms with E-state index in [-0.39, 0.29) is 31.9 Å². The van der Waals surface area contributed by atoms with Gasteiger partial charge in [0.15, 0.2) is 5.66 Å². The fourth-order valence-electron chi connectivity index (χ4n) is 2.16. The average molecular weight is 349 g/mol. The van der Waals surface area contributed by atoms with Crippen LogP contribution >= 0.6 is 7.60 Å². The molecule has 0 amide bonds. The Hall–Kier alpha value is -1.09. The van der Waals surface area contributed by atoms with Crippen molar-refractivity contribution in [2.45, 2.75) is 5.66 Å². The van der Waals surface area contributed by atoms with E-state index in [1.54, 1.807) is 6.07 Å². The quantitative estimate of drug-likeness (QED) is 0.739. The van der Waals surface area contributed by atoms with E-state index in [0.29, 0.717) is 0 Å². The lowest BCUT2D eigenvalue weighted by atomic mass is 10.2. The van der Waals surface area contributed by atoms with E-state index in [0.717, 1.165) is 4.31 Å². The Kier molecular flexibility index (Phi) is 5.16. The molecule has 1 heterocycles. The van der Waals surface area contributed by atoms with Gasteiger partial charge in [-0.3, -0.25) is 9.36 Å². The zero-order valence-corrected chi connectivity index (χ0v) is 13.2. The first-order chi connectivity index (χ1) is 10.2. The molecule has 1 aromatic carbocycles. The first-order valence-electron chi connectivity index (χ1n) is 6.46. The van der Waals surface area contributed by atoms with E-state index < -0.39 is 28.4 Å². The summed E-state index contributed by atoms with van der Waals surface area (Å²) in [6.45, 7) is 0.240. The zero-order chi connectivity index (χ0) is 16.4. The Balaban J connectivity index is 2.40. The maximum atomic E-state index is 12.3. The molecular formula is C12H16NO7PS. The summed E-state index contributed by atoms with van der Waals surface area (Å²) in [6, 6.07) is 7.19. The molecule has 1 aliphatic rings. The molecule has 0 aromatic heterocycles. The number of ether oxygens (including phenoxy) is 1. The molecule has 1 aliphatic heterocycles. The zero-order valence-electron chi connectivity index (χ0n) is 11.5. The summed E-state index contributed by atoms with van der Waals surface area (Å²) in [5.41, 5.74) is -2.06. The summed E-state index contributed by atoms with van der Waals surface area (Å²) in [7, 11) is -9.46. The van der Waals surface area contributed by atoms with Gasteiger partial charge in [-0.2, -0.15) is 4.31 Å². The molecule has 0 saturated carbocycles. The number of morpholine rings is 1. The van der Waals surface area contributed by atoms with E-state index >= 15 is 0 Å². The van der Waals surface area contributed by atoms with Crippen LogP contribution in [0.15, 0.2) is 30.3 Å². The van der Waals surface area contributed by atoms with Gasteiger partial charge in [0.05, 0.1) is 13.2 Å². The van der Waals surface area contributed by atoms with Crippen molar-refractivity contribution in [1.82, 2.24) is 4.31 Å². The molecular weight excluding hydrogens is 333 g/mol. The van der Waals surface area contributed by atoms with Crippen molar-refractivity contribution in [3.05, 3.63) is 35.9 Å². The van der Waals surface area contributed by atoms with Gasteiger partial charge in [-0.1, -0.05) is 30.3 Å². The van der Waals surface area contributed by atoms with Gasteiger partial charge in [0.2, 0.25) is 0 Å². The first-order valence-corrected chi connectivity index (χ1v) is 9.58. The van der Waals surface area contributed by atoms with Crippen molar-refractivity contribution >= 4 is 22.7 Å². The second-order valence-corrected chi connectivity index (χ2v) is 8.30. The smallest absolute Gasteiger partial charge is 0.341 e. The Labute approximate surface area is 127 Å². The summed E-state index contributed by atoms with van der Waals surface area (Å²) < 4.78 is 42.2. The number of nitrogens with zero attached hydrogens (tertiary/aromatic N) is 1. The minimum atomic E-state index is -4.99. The van der Waals surface area contributed by atoms with Crippen LogP contribution in [0.2, 0.25) is 0 Å². The largest absolute Gasteiger partial charge is 0.379 e. The van der Waals surface area contributed by atoms with Crippen molar-refractivity contribution in [2.75, 3.05) is 26.3 Å². The van der Waals surface area contributed by atoms with Gasteiger partial charge in [0.25, 0.3) is 15.1 Å². The molecule has 122 valence electrons. The minimum absolute atomic E-state index is 0.0171. The molecule has 0 spiro atoms. The second kappa shape index (κ2) is 6.57. The SMILES string of the molecule is O=C(C(c1ccccc1)P(=O)(O)O)S(=O)(=O)N1CCOCC1. The minimum Gasteiger partial charge on any atom is -0.379 e. The van der Waals surface area contributed by atoms with Crippen molar-refractivity contribution in [3.8, 4) is 0 Å². The van der Waals surface area contributed by atoms with Crippen molar-refractivity contribution in [2.24, 2.45) is 0 Å². The molecule has 1 unspecified atom stereocenters. The van der Waals surface area contributed by atoms with Crippen LogP contribution in [-0.2, 0) is 24.1 Å². The molecule has 0 bridgehead atoms. The summed E-state index contributed by atoms with van der Waals surface area (Å²) in [5, 5.41) is -1.49. The van der Waals surface area contributed by atoms with Crippen molar-refractivity contribution < 1.29 is 32.3 Å². The van der Waals surface area contributed by atoms with Gasteiger partial charge in [-0.15, -0.1) is 0 Å². The summed E-state index contributed by atoms with van der Waals surface area (Å²) in [5.74, 6) is 0. The van der Waals surface area contributed by atoms with Gasteiger partial charge in [-0.25, -0.2) is 8.42 Å². The third-order valence-electron chi connectivity index (χ3n) is 3.24. The third-order valence-corrected chi connectivity index (χ3v) is 6.41. The Morgan fingerprint density at radius 1 is 1.18 bits per heavy atom. The number of carbonyl (C=O) groups excluding carboxylic acids is 1. The Bertz CT molecular complexity index is 679. The van der Waals surface area contributed by atoms with E-state index in [1.807, 2.05) is 0 Å². The van der Waals surface area contributed by atoms with Gasteiger partial charge < -0.3 is 14.5 Å². The molecule has 0 radical (unpaired) electrons. The monoisotopic (exact) mass is 349 g/mol. The molecule has 1 atom stereocenters. The molecule has 8 nitrogen and oxygen atoms in total. The van der Waals surface area contributed by atoms with Gasteiger partial charge in [0, 0.05) is 13.1 Å². The molecule has 2 rings (SSSR count). The van der Waals surface area contributed by atoms with E-state index in [4.69, 9.17) is 4.74 Å². The maximum absolute atomic E-state index is 12.3. The number of benzene rings is 1. The summed E-state index contributed by atoms with van der Waals surface area (Å²) >= 11 is 0. The highest BCUT2D eigenvalue weighted by molar-refractivity contribution is 8.04. The predicted octanol–water partition coefficient (Wildman–Crippen LogP) is 0.0940. The van der Waals surface area contributed by atoms with Crippen LogP contribution < -0.4 is 0 Å². The molecule has 1 aromatic rings. The first kappa shape index (κ1) is 17.3. The maximum Gasteiger partial charge on any atom is 0.341 e. The number of sulfonamides is 1. The van der Waals surface area contributed by atoms with Crippen LogP contribution in [0.5, 0.6) is 0 Å². The van der Waals surface area contributed by atoms with Crippen LogP contribution in [0.3, 0.4) is 0 Å². The van der Waals surface area contributed by atoms with Crippen molar-refractivity contribution in [1.29, 1.82) is 0 Å².